The third-order valence-electron chi connectivity index (χ3n) is 4.00. The summed E-state index contributed by atoms with van der Waals surface area (Å²) >= 11 is 1.55. The maximum atomic E-state index is 12.4. The maximum Gasteiger partial charge on any atom is 0.229 e. The fourth-order valence-electron chi connectivity index (χ4n) is 2.78. The van der Waals surface area contributed by atoms with E-state index in [9.17, 15) is 4.79 Å². The molecule has 1 aliphatic rings. The summed E-state index contributed by atoms with van der Waals surface area (Å²) in [6.07, 6.45) is 5.13. The minimum Gasteiger partial charge on any atom is -0.399 e. The van der Waals surface area contributed by atoms with Crippen molar-refractivity contribution in [2.75, 3.05) is 18.8 Å². The van der Waals surface area contributed by atoms with Crippen LogP contribution in [0.2, 0.25) is 0 Å². The lowest BCUT2D eigenvalue weighted by Gasteiger charge is -2.19. The number of aromatic nitrogens is 1. The molecule has 5 heteroatoms. The number of rotatable bonds is 3. The van der Waals surface area contributed by atoms with Crippen molar-refractivity contribution in [1.82, 2.24) is 9.88 Å². The van der Waals surface area contributed by atoms with Crippen molar-refractivity contribution < 1.29 is 4.79 Å². The first-order chi connectivity index (χ1) is 10.7. The minimum absolute atomic E-state index is 0.204. The van der Waals surface area contributed by atoms with Crippen molar-refractivity contribution in [3.8, 4) is 11.3 Å². The third kappa shape index (κ3) is 3.65. The Balaban J connectivity index is 1.67. The Labute approximate surface area is 135 Å². The number of benzene rings is 1. The monoisotopic (exact) mass is 315 g/mol. The van der Waals surface area contributed by atoms with Gasteiger partial charge in [-0.25, -0.2) is 4.98 Å². The van der Waals surface area contributed by atoms with Crippen molar-refractivity contribution in [1.29, 1.82) is 0 Å². The van der Waals surface area contributed by atoms with E-state index in [1.54, 1.807) is 11.3 Å². The summed E-state index contributed by atoms with van der Waals surface area (Å²) in [5, 5.41) is 2.88. The number of anilines is 1. The molecule has 116 valence electrons. The van der Waals surface area contributed by atoms with Crippen LogP contribution in [0.1, 0.15) is 30.7 Å². The van der Waals surface area contributed by atoms with Crippen molar-refractivity contribution in [3.05, 3.63) is 34.7 Å². The molecule has 0 radical (unpaired) electrons. The van der Waals surface area contributed by atoms with Crippen molar-refractivity contribution >= 4 is 22.9 Å². The highest BCUT2D eigenvalue weighted by Crippen LogP contribution is 2.24. The van der Waals surface area contributed by atoms with Crippen LogP contribution in [0.4, 0.5) is 5.69 Å². The van der Waals surface area contributed by atoms with E-state index in [-0.39, 0.29) is 5.91 Å². The molecule has 4 nitrogen and oxygen atoms in total. The molecule has 1 saturated heterocycles. The highest BCUT2D eigenvalue weighted by Gasteiger charge is 2.17. The van der Waals surface area contributed by atoms with Gasteiger partial charge < -0.3 is 10.6 Å². The molecule has 1 aromatic heterocycles. The van der Waals surface area contributed by atoms with E-state index in [1.165, 1.54) is 12.8 Å². The van der Waals surface area contributed by atoms with Crippen LogP contribution in [0.25, 0.3) is 11.3 Å². The average molecular weight is 315 g/mol. The van der Waals surface area contributed by atoms with Crippen LogP contribution in [0, 0.1) is 0 Å². The standard InChI is InChI=1S/C17H21N3OS/c18-14-7-5-6-13(10-14)15-12-22-16(19-15)11-17(21)20-8-3-1-2-4-9-20/h5-7,10,12H,1-4,8-9,11,18H2. The molecule has 1 aromatic carbocycles. The Bertz CT molecular complexity index is 645. The fourth-order valence-corrected chi connectivity index (χ4v) is 3.58. The number of hydrogen-bond donors (Lipinski definition) is 1. The summed E-state index contributed by atoms with van der Waals surface area (Å²) in [4.78, 5) is 19.0. The number of thiazole rings is 1. The first-order valence-electron chi connectivity index (χ1n) is 7.80. The zero-order valence-corrected chi connectivity index (χ0v) is 13.4. The zero-order chi connectivity index (χ0) is 15.4. The Morgan fingerprint density at radius 1 is 1.23 bits per heavy atom. The largest absolute Gasteiger partial charge is 0.399 e. The molecule has 0 aliphatic carbocycles. The van der Waals surface area contributed by atoms with Crippen LogP contribution in [0.15, 0.2) is 29.6 Å². The number of nitrogen functional groups attached to an aromatic ring is 1. The first kappa shape index (κ1) is 15.0. The molecule has 1 aliphatic heterocycles. The van der Waals surface area contributed by atoms with Crippen LogP contribution >= 0.6 is 11.3 Å². The Morgan fingerprint density at radius 3 is 2.73 bits per heavy atom. The van der Waals surface area contributed by atoms with Gasteiger partial charge in [-0.3, -0.25) is 4.79 Å². The molecule has 1 amide bonds. The zero-order valence-electron chi connectivity index (χ0n) is 12.6. The summed E-state index contributed by atoms with van der Waals surface area (Å²) in [6, 6.07) is 7.69. The summed E-state index contributed by atoms with van der Waals surface area (Å²) in [7, 11) is 0. The quantitative estimate of drug-likeness (QED) is 0.884. The second-order valence-corrected chi connectivity index (χ2v) is 6.67. The molecule has 0 bridgehead atoms. The van der Waals surface area contributed by atoms with Crippen LogP contribution < -0.4 is 5.73 Å². The van der Waals surface area contributed by atoms with Gasteiger partial charge >= 0.3 is 0 Å². The first-order valence-corrected chi connectivity index (χ1v) is 8.68. The van der Waals surface area contributed by atoms with Gasteiger partial charge in [0.2, 0.25) is 5.91 Å². The van der Waals surface area contributed by atoms with Gasteiger partial charge in [0.1, 0.15) is 5.01 Å². The van der Waals surface area contributed by atoms with E-state index in [1.807, 2.05) is 34.5 Å². The predicted molar refractivity (Wildman–Crippen MR) is 90.7 cm³/mol. The third-order valence-corrected chi connectivity index (χ3v) is 4.84. The molecule has 3 rings (SSSR count). The second kappa shape index (κ2) is 6.92. The molecule has 2 heterocycles. The topological polar surface area (TPSA) is 59.2 Å². The van der Waals surface area contributed by atoms with E-state index in [0.29, 0.717) is 6.42 Å². The summed E-state index contributed by atoms with van der Waals surface area (Å²) in [5.74, 6) is 0.204. The number of nitrogens with zero attached hydrogens (tertiary/aromatic N) is 2. The van der Waals surface area contributed by atoms with Gasteiger partial charge in [0.15, 0.2) is 0 Å². The van der Waals surface area contributed by atoms with Crippen LogP contribution in [0.3, 0.4) is 0 Å². The van der Waals surface area contributed by atoms with Crippen LogP contribution in [-0.2, 0) is 11.2 Å². The number of likely N-dealkylation sites (tertiary alicyclic amines) is 1. The highest BCUT2D eigenvalue weighted by atomic mass is 32.1. The van der Waals surface area contributed by atoms with Gasteiger partial charge in [-0.15, -0.1) is 11.3 Å². The van der Waals surface area contributed by atoms with Crippen LogP contribution in [0.5, 0.6) is 0 Å². The molecule has 0 unspecified atom stereocenters. The molecule has 0 atom stereocenters. The molecule has 2 N–H and O–H groups in total. The van der Waals surface area contributed by atoms with Crippen molar-refractivity contribution in [3.63, 3.8) is 0 Å². The SMILES string of the molecule is Nc1cccc(-c2csc(CC(=O)N3CCCCCC3)n2)c1. The predicted octanol–water partition coefficient (Wildman–Crippen LogP) is 3.34. The smallest absolute Gasteiger partial charge is 0.229 e. The van der Waals surface area contributed by atoms with Crippen LogP contribution in [-0.4, -0.2) is 28.9 Å². The van der Waals surface area contributed by atoms with Gasteiger partial charge in [-0.05, 0) is 25.0 Å². The molecule has 22 heavy (non-hydrogen) atoms. The van der Waals surface area contributed by atoms with Crippen molar-refractivity contribution in [2.45, 2.75) is 32.1 Å². The van der Waals surface area contributed by atoms with E-state index in [4.69, 9.17) is 5.73 Å². The van der Waals surface area contributed by atoms with E-state index >= 15 is 0 Å². The van der Waals surface area contributed by atoms with Gasteiger partial charge in [-0.2, -0.15) is 0 Å². The Morgan fingerprint density at radius 2 is 2.00 bits per heavy atom. The number of hydrogen-bond acceptors (Lipinski definition) is 4. The van der Waals surface area contributed by atoms with E-state index in [2.05, 4.69) is 4.98 Å². The molecule has 1 fully saturated rings. The summed E-state index contributed by atoms with van der Waals surface area (Å²) in [6.45, 7) is 1.79. The average Bonchev–Trinajstić information content (AvgIpc) is 2.80. The number of amides is 1. The fraction of sp³-hybridized carbons (Fsp3) is 0.412. The van der Waals surface area contributed by atoms with Gasteiger partial charge in [0.25, 0.3) is 0 Å². The van der Waals surface area contributed by atoms with Gasteiger partial charge in [0, 0.05) is 29.7 Å². The normalized spacial score (nSPS) is 15.5. The van der Waals surface area contributed by atoms with Gasteiger partial charge in [0.05, 0.1) is 12.1 Å². The lowest BCUT2D eigenvalue weighted by Crippen LogP contribution is -2.33. The Kier molecular flexibility index (Phi) is 4.73. The summed E-state index contributed by atoms with van der Waals surface area (Å²) in [5.41, 5.74) is 8.44. The Hall–Kier alpha value is -1.88. The molecular formula is C17H21N3OS. The molecule has 0 saturated carbocycles. The number of nitrogens with two attached hydrogens (primary N) is 1. The lowest BCUT2D eigenvalue weighted by atomic mass is 10.1. The second-order valence-electron chi connectivity index (χ2n) is 5.72. The number of carbonyl (C=O) groups excluding carboxylic acids is 1. The summed E-state index contributed by atoms with van der Waals surface area (Å²) < 4.78 is 0. The van der Waals surface area contributed by atoms with Crippen molar-refractivity contribution in [2.24, 2.45) is 0 Å². The molecule has 2 aromatic rings. The highest BCUT2D eigenvalue weighted by molar-refractivity contribution is 7.10. The molecular weight excluding hydrogens is 294 g/mol. The van der Waals surface area contributed by atoms with Gasteiger partial charge in [-0.1, -0.05) is 25.0 Å². The van der Waals surface area contributed by atoms with E-state index < -0.39 is 0 Å². The molecule has 0 spiro atoms. The number of carbonyl (C=O) groups is 1. The minimum atomic E-state index is 0.204. The maximum absolute atomic E-state index is 12.4. The lowest BCUT2D eigenvalue weighted by molar-refractivity contribution is -0.130. The van der Waals surface area contributed by atoms with E-state index in [0.717, 1.165) is 47.9 Å².